The minimum absolute atomic E-state index is 0.134. The summed E-state index contributed by atoms with van der Waals surface area (Å²) in [6, 6.07) is 3.08. The van der Waals surface area contributed by atoms with Gasteiger partial charge in [0.1, 0.15) is 5.56 Å². The molecule has 0 saturated heterocycles. The molecule has 7 nitrogen and oxygen atoms in total. The van der Waals surface area contributed by atoms with Crippen LogP contribution in [-0.4, -0.2) is 27.1 Å². The summed E-state index contributed by atoms with van der Waals surface area (Å²) in [5.41, 5.74) is 2.06. The zero-order valence-electron chi connectivity index (χ0n) is 9.38. The van der Waals surface area contributed by atoms with Crippen molar-refractivity contribution in [3.63, 3.8) is 0 Å². The van der Waals surface area contributed by atoms with E-state index in [1.165, 1.54) is 6.07 Å². The lowest BCUT2D eigenvalue weighted by Crippen LogP contribution is -2.23. The number of carboxylic acids is 1. The van der Waals surface area contributed by atoms with E-state index in [1.54, 1.807) is 13.0 Å². The Morgan fingerprint density at radius 3 is 2.83 bits per heavy atom. The average molecular weight is 247 g/mol. The van der Waals surface area contributed by atoms with Crippen LogP contribution in [0.15, 0.2) is 23.1 Å². The van der Waals surface area contributed by atoms with Gasteiger partial charge in [0, 0.05) is 11.9 Å². The standard InChI is InChI=1S/C11H9N3O4/c1-6-2-3-7-9(16)8(11(17)18)4-14(12-5-15)10(7)13-6/h2-5H,1H3,(H,12,15)(H,17,18). The van der Waals surface area contributed by atoms with E-state index >= 15 is 0 Å². The third-order valence-corrected chi connectivity index (χ3v) is 2.41. The summed E-state index contributed by atoms with van der Waals surface area (Å²) in [6.07, 6.45) is 1.41. The van der Waals surface area contributed by atoms with Gasteiger partial charge in [0.2, 0.25) is 11.8 Å². The number of rotatable bonds is 3. The maximum atomic E-state index is 11.9. The number of aryl methyl sites for hydroxylation is 1. The first kappa shape index (κ1) is 11.8. The number of pyridine rings is 2. The van der Waals surface area contributed by atoms with Gasteiger partial charge in [-0.2, -0.15) is 0 Å². The van der Waals surface area contributed by atoms with E-state index in [9.17, 15) is 14.4 Å². The first-order valence-corrected chi connectivity index (χ1v) is 5.01. The number of nitrogens with one attached hydrogen (secondary N) is 1. The Hall–Kier alpha value is -2.70. The number of carboxylic acid groups (broad SMARTS) is 1. The summed E-state index contributed by atoms with van der Waals surface area (Å²) in [4.78, 5) is 37.4. The highest BCUT2D eigenvalue weighted by Crippen LogP contribution is 2.09. The van der Waals surface area contributed by atoms with Crippen molar-refractivity contribution in [1.29, 1.82) is 0 Å². The molecule has 0 aliphatic carbocycles. The fraction of sp³-hybridized carbons (Fsp3) is 0.0909. The summed E-state index contributed by atoms with van der Waals surface area (Å²) in [7, 11) is 0. The Morgan fingerprint density at radius 2 is 2.22 bits per heavy atom. The summed E-state index contributed by atoms with van der Waals surface area (Å²) in [5, 5.41) is 9.06. The highest BCUT2D eigenvalue weighted by molar-refractivity contribution is 5.92. The van der Waals surface area contributed by atoms with Gasteiger partial charge in [-0.25, -0.2) is 14.5 Å². The van der Waals surface area contributed by atoms with Gasteiger partial charge >= 0.3 is 5.97 Å². The summed E-state index contributed by atoms with van der Waals surface area (Å²) in [5.74, 6) is -1.36. The number of nitrogens with zero attached hydrogens (tertiary/aromatic N) is 2. The third-order valence-electron chi connectivity index (χ3n) is 2.41. The first-order valence-electron chi connectivity index (χ1n) is 5.01. The molecule has 18 heavy (non-hydrogen) atoms. The smallest absolute Gasteiger partial charge is 0.341 e. The lowest BCUT2D eigenvalue weighted by atomic mass is 10.2. The van der Waals surface area contributed by atoms with Gasteiger partial charge in [0.15, 0.2) is 5.65 Å². The molecule has 0 bridgehead atoms. The van der Waals surface area contributed by atoms with Crippen LogP contribution < -0.4 is 10.9 Å². The van der Waals surface area contributed by atoms with Crippen molar-refractivity contribution >= 4 is 23.4 Å². The minimum atomic E-state index is -1.36. The van der Waals surface area contributed by atoms with Crippen molar-refractivity contribution in [2.45, 2.75) is 6.92 Å². The maximum absolute atomic E-state index is 11.9. The van der Waals surface area contributed by atoms with Gasteiger partial charge in [0.05, 0.1) is 5.39 Å². The number of aromatic nitrogens is 2. The van der Waals surface area contributed by atoms with Crippen LogP contribution in [0.1, 0.15) is 16.1 Å². The Bertz CT molecular complexity index is 705. The highest BCUT2D eigenvalue weighted by Gasteiger charge is 2.15. The molecule has 2 aromatic heterocycles. The van der Waals surface area contributed by atoms with Crippen molar-refractivity contribution in [3.8, 4) is 0 Å². The van der Waals surface area contributed by atoms with Crippen LogP contribution in [0.5, 0.6) is 0 Å². The zero-order valence-corrected chi connectivity index (χ0v) is 9.38. The fourth-order valence-corrected chi connectivity index (χ4v) is 1.61. The fourth-order valence-electron chi connectivity index (χ4n) is 1.61. The summed E-state index contributed by atoms with van der Waals surface area (Å²) in [6.45, 7) is 1.72. The predicted molar refractivity (Wildman–Crippen MR) is 63.1 cm³/mol. The van der Waals surface area contributed by atoms with Gasteiger partial charge in [-0.1, -0.05) is 0 Å². The molecular weight excluding hydrogens is 238 g/mol. The predicted octanol–water partition coefficient (Wildman–Crippen LogP) is 0.103. The van der Waals surface area contributed by atoms with Crippen molar-refractivity contribution < 1.29 is 14.7 Å². The SMILES string of the molecule is Cc1ccc2c(=O)c(C(=O)O)cn(NC=O)c2n1. The van der Waals surface area contributed by atoms with Crippen LogP contribution in [0.2, 0.25) is 0 Å². The van der Waals surface area contributed by atoms with Crippen LogP contribution >= 0.6 is 0 Å². The number of carbonyl (C=O) groups excluding carboxylic acids is 1. The largest absolute Gasteiger partial charge is 0.477 e. The molecule has 2 heterocycles. The van der Waals surface area contributed by atoms with E-state index in [4.69, 9.17) is 5.11 Å². The Morgan fingerprint density at radius 1 is 1.50 bits per heavy atom. The quantitative estimate of drug-likeness (QED) is 0.749. The van der Waals surface area contributed by atoms with E-state index < -0.39 is 17.0 Å². The lowest BCUT2D eigenvalue weighted by Gasteiger charge is -2.09. The second kappa shape index (κ2) is 4.28. The van der Waals surface area contributed by atoms with E-state index in [0.29, 0.717) is 12.1 Å². The number of hydrogen-bond donors (Lipinski definition) is 2. The number of fused-ring (bicyclic) bond motifs is 1. The second-order valence-electron chi connectivity index (χ2n) is 3.62. The number of amides is 1. The van der Waals surface area contributed by atoms with Crippen molar-refractivity contribution in [1.82, 2.24) is 9.66 Å². The Kier molecular flexibility index (Phi) is 2.80. The molecule has 7 heteroatoms. The molecule has 2 aromatic rings. The van der Waals surface area contributed by atoms with E-state index in [1.807, 2.05) is 0 Å². The molecule has 2 N–H and O–H groups in total. The van der Waals surface area contributed by atoms with Crippen molar-refractivity contribution in [2.24, 2.45) is 0 Å². The van der Waals surface area contributed by atoms with Crippen LogP contribution in [0.3, 0.4) is 0 Å². The number of aromatic carboxylic acids is 1. The number of carbonyl (C=O) groups is 2. The van der Waals surface area contributed by atoms with Crippen molar-refractivity contribution in [2.75, 3.05) is 5.43 Å². The molecule has 0 spiro atoms. The lowest BCUT2D eigenvalue weighted by molar-refractivity contribution is -0.106. The molecule has 92 valence electrons. The van der Waals surface area contributed by atoms with Gasteiger partial charge in [-0.15, -0.1) is 0 Å². The van der Waals surface area contributed by atoms with Gasteiger partial charge in [-0.3, -0.25) is 15.0 Å². The van der Waals surface area contributed by atoms with Crippen LogP contribution in [0, 0.1) is 6.92 Å². The molecule has 0 aromatic carbocycles. The topological polar surface area (TPSA) is 101 Å². The molecule has 0 aliphatic heterocycles. The van der Waals surface area contributed by atoms with E-state index in [-0.39, 0.29) is 11.0 Å². The molecule has 0 saturated carbocycles. The second-order valence-corrected chi connectivity index (χ2v) is 3.62. The van der Waals surface area contributed by atoms with Crippen LogP contribution in [0.4, 0.5) is 0 Å². The van der Waals surface area contributed by atoms with Gasteiger partial charge < -0.3 is 5.11 Å². The van der Waals surface area contributed by atoms with Crippen LogP contribution in [-0.2, 0) is 4.79 Å². The Balaban J connectivity index is 2.91. The molecular formula is C11H9N3O4. The zero-order chi connectivity index (χ0) is 13.3. The molecule has 0 aliphatic rings. The maximum Gasteiger partial charge on any atom is 0.341 e. The van der Waals surface area contributed by atoms with Crippen LogP contribution in [0.25, 0.3) is 11.0 Å². The molecule has 0 radical (unpaired) electrons. The third kappa shape index (κ3) is 1.81. The highest BCUT2D eigenvalue weighted by atomic mass is 16.4. The van der Waals surface area contributed by atoms with E-state index in [0.717, 1.165) is 10.9 Å². The molecule has 2 rings (SSSR count). The van der Waals surface area contributed by atoms with Gasteiger partial charge in [-0.05, 0) is 19.1 Å². The van der Waals surface area contributed by atoms with Gasteiger partial charge in [0.25, 0.3) is 0 Å². The summed E-state index contributed by atoms with van der Waals surface area (Å²) >= 11 is 0. The molecule has 0 atom stereocenters. The normalized spacial score (nSPS) is 10.3. The Labute approximate surface area is 101 Å². The van der Waals surface area contributed by atoms with E-state index in [2.05, 4.69) is 10.4 Å². The molecule has 0 unspecified atom stereocenters. The summed E-state index contributed by atoms with van der Waals surface area (Å²) < 4.78 is 1.11. The first-order chi connectivity index (χ1) is 8.54. The van der Waals surface area contributed by atoms with Crippen molar-refractivity contribution in [3.05, 3.63) is 39.8 Å². The monoisotopic (exact) mass is 247 g/mol. The minimum Gasteiger partial charge on any atom is -0.477 e. The molecule has 0 fully saturated rings. The average Bonchev–Trinajstić information content (AvgIpc) is 2.32. The number of hydrogen-bond acceptors (Lipinski definition) is 4. The molecule has 1 amide bonds.